The molecule has 3 heterocycles. The number of H-pyrrole nitrogens is 1. The van der Waals surface area contributed by atoms with E-state index in [1.54, 1.807) is 18.3 Å². The number of nitrogens with two attached hydrogens (primary N) is 1. The van der Waals surface area contributed by atoms with Crippen LogP contribution in [-0.2, 0) is 6.42 Å². The van der Waals surface area contributed by atoms with Gasteiger partial charge in [0.05, 0.1) is 16.2 Å². The van der Waals surface area contributed by atoms with Gasteiger partial charge in [-0.2, -0.15) is 0 Å². The lowest BCUT2D eigenvalue weighted by Gasteiger charge is -2.42. The molecule has 6 rings (SSSR count). The van der Waals surface area contributed by atoms with Crippen LogP contribution in [0.25, 0.3) is 11.2 Å². The first-order valence-corrected chi connectivity index (χ1v) is 13.3. The molecule has 1 fully saturated rings. The molecule has 4 N–H and O–H groups in total. The lowest BCUT2D eigenvalue weighted by Crippen LogP contribution is -2.44. The Kier molecular flexibility index (Phi) is 5.87. The second kappa shape index (κ2) is 8.95. The Morgan fingerprint density at radius 3 is 2.69 bits per heavy atom. The molecule has 1 aliphatic carbocycles. The maximum absolute atomic E-state index is 12.4. The number of halogens is 2. The van der Waals surface area contributed by atoms with Gasteiger partial charge in [-0.1, -0.05) is 65.3 Å². The van der Waals surface area contributed by atoms with Crippen LogP contribution in [0.2, 0.25) is 10.0 Å². The minimum absolute atomic E-state index is 0.00117. The van der Waals surface area contributed by atoms with Gasteiger partial charge >= 0.3 is 5.97 Å². The van der Waals surface area contributed by atoms with Crippen LogP contribution in [0.15, 0.2) is 58.6 Å². The van der Waals surface area contributed by atoms with Crippen LogP contribution in [0, 0.1) is 5.41 Å². The normalized spacial score (nSPS) is 18.6. The van der Waals surface area contributed by atoms with Crippen molar-refractivity contribution in [2.45, 2.75) is 35.2 Å². The highest BCUT2D eigenvalue weighted by Crippen LogP contribution is 2.51. The Morgan fingerprint density at radius 2 is 1.94 bits per heavy atom. The summed E-state index contributed by atoms with van der Waals surface area (Å²) >= 11 is 13.7. The van der Waals surface area contributed by atoms with Gasteiger partial charge in [0.25, 0.3) is 0 Å². The molecule has 184 valence electrons. The molecule has 1 aliphatic heterocycles. The molecule has 0 radical (unpaired) electrons. The molecule has 0 bridgehead atoms. The number of aromatic carboxylic acids is 1. The van der Waals surface area contributed by atoms with Crippen molar-refractivity contribution in [3.8, 4) is 0 Å². The molecule has 0 saturated carbocycles. The van der Waals surface area contributed by atoms with Gasteiger partial charge in [-0.05, 0) is 47.9 Å². The molecule has 36 heavy (non-hydrogen) atoms. The lowest BCUT2D eigenvalue weighted by atomic mass is 9.73. The predicted octanol–water partition coefficient (Wildman–Crippen LogP) is 5.96. The van der Waals surface area contributed by atoms with Gasteiger partial charge in [0.2, 0.25) is 0 Å². The number of benzene rings is 2. The molecule has 4 aromatic rings. The van der Waals surface area contributed by atoms with Crippen LogP contribution in [0.4, 0.5) is 5.82 Å². The van der Waals surface area contributed by atoms with E-state index in [1.807, 2.05) is 12.1 Å². The van der Waals surface area contributed by atoms with E-state index in [0.717, 1.165) is 24.2 Å². The predicted molar refractivity (Wildman–Crippen MR) is 142 cm³/mol. The average Bonchev–Trinajstić information content (AvgIpc) is 3.38. The third-order valence-corrected chi connectivity index (χ3v) is 9.37. The highest BCUT2D eigenvalue weighted by molar-refractivity contribution is 7.99. The molecule has 1 spiro atoms. The Labute approximate surface area is 222 Å². The fraction of sp³-hybridized carbons (Fsp3) is 0.269. The van der Waals surface area contributed by atoms with E-state index in [1.165, 1.54) is 22.9 Å². The van der Waals surface area contributed by atoms with Gasteiger partial charge in [-0.15, -0.1) is 0 Å². The van der Waals surface area contributed by atoms with E-state index in [0.29, 0.717) is 45.1 Å². The second-order valence-electron chi connectivity index (χ2n) is 9.42. The number of hydrogen-bond acceptors (Lipinski definition) is 6. The van der Waals surface area contributed by atoms with Crippen LogP contribution in [0.1, 0.15) is 40.4 Å². The van der Waals surface area contributed by atoms with Crippen molar-refractivity contribution in [3.63, 3.8) is 0 Å². The van der Waals surface area contributed by atoms with E-state index < -0.39 is 5.97 Å². The van der Waals surface area contributed by atoms with E-state index in [2.05, 4.69) is 38.1 Å². The molecule has 1 atom stereocenters. The van der Waals surface area contributed by atoms with E-state index in [-0.39, 0.29) is 17.0 Å². The number of nitrogens with zero attached hydrogens (tertiary/aromatic N) is 3. The van der Waals surface area contributed by atoms with Crippen molar-refractivity contribution in [1.82, 2.24) is 15.0 Å². The van der Waals surface area contributed by atoms with Crippen molar-refractivity contribution < 1.29 is 9.90 Å². The molecule has 0 amide bonds. The van der Waals surface area contributed by atoms with Gasteiger partial charge in [0.15, 0.2) is 5.65 Å². The summed E-state index contributed by atoms with van der Waals surface area (Å²) in [6.07, 6.45) is 4.33. The minimum Gasteiger partial charge on any atom is -0.477 e. The molecule has 0 unspecified atom stereocenters. The van der Waals surface area contributed by atoms with Gasteiger partial charge in [0.1, 0.15) is 21.9 Å². The average molecular weight is 540 g/mol. The zero-order valence-corrected chi connectivity index (χ0v) is 21.5. The highest BCUT2D eigenvalue weighted by Gasteiger charge is 2.46. The van der Waals surface area contributed by atoms with Crippen molar-refractivity contribution >= 4 is 57.9 Å². The topological polar surface area (TPSA) is 108 Å². The first-order chi connectivity index (χ1) is 17.4. The molecule has 2 aromatic carbocycles. The molecule has 2 aliphatic rings. The summed E-state index contributed by atoms with van der Waals surface area (Å²) in [6.45, 7) is 1.41. The number of anilines is 1. The maximum atomic E-state index is 12.4. The number of nitrogens with one attached hydrogen (secondary N) is 1. The van der Waals surface area contributed by atoms with Gasteiger partial charge < -0.3 is 20.7 Å². The van der Waals surface area contributed by atoms with E-state index in [9.17, 15) is 9.90 Å². The first-order valence-electron chi connectivity index (χ1n) is 11.7. The third kappa shape index (κ3) is 3.84. The summed E-state index contributed by atoms with van der Waals surface area (Å²) < 4.78 is 0. The van der Waals surface area contributed by atoms with Crippen molar-refractivity contribution in [3.05, 3.63) is 75.4 Å². The summed E-state index contributed by atoms with van der Waals surface area (Å²) in [5.74, 6) is -0.502. The van der Waals surface area contributed by atoms with Crippen molar-refractivity contribution in [2.75, 3.05) is 18.0 Å². The number of aromatic amines is 1. The molecular weight excluding hydrogens is 517 g/mol. The smallest absolute Gasteiger partial charge is 0.341 e. The van der Waals surface area contributed by atoms with Crippen molar-refractivity contribution in [1.29, 1.82) is 0 Å². The third-order valence-electron chi connectivity index (χ3n) is 7.47. The zero-order chi connectivity index (χ0) is 25.0. The number of carbonyl (C=O) groups is 1. The Bertz CT molecular complexity index is 1500. The quantitative estimate of drug-likeness (QED) is 0.293. The van der Waals surface area contributed by atoms with Crippen LogP contribution in [0.3, 0.4) is 0 Å². The summed E-state index contributed by atoms with van der Waals surface area (Å²) in [5, 5.41) is 11.5. The van der Waals surface area contributed by atoms with E-state index in [4.69, 9.17) is 28.9 Å². The number of hydrogen-bond donors (Lipinski definition) is 3. The number of fused-ring (bicyclic) bond motifs is 2. The van der Waals surface area contributed by atoms with Gasteiger partial charge in [-0.25, -0.2) is 14.8 Å². The Hall–Kier alpha value is -2.78. The SMILES string of the molecule is N[C@@H]1c2ccccc2CC12CCN(c1[nH]c3ncc(Sc4cccc(Cl)c4Cl)nc3c1C(=O)O)CC2. The minimum atomic E-state index is -1.04. The maximum Gasteiger partial charge on any atom is 0.341 e. The standard InChI is InChI=1S/C26H23Cl2N5O2S/c27-16-6-3-7-17(20(16)28)36-18-13-30-23-21(31-18)19(25(34)35)24(32-23)33-10-8-26(9-11-33)12-14-4-1-2-5-15(14)22(26)29/h1-7,13,22H,8-12,29H2,(H,30,32)(H,34,35)/t22-/m1/s1. The summed E-state index contributed by atoms with van der Waals surface area (Å²) in [4.78, 5) is 27.5. The first kappa shape index (κ1) is 23.6. The van der Waals surface area contributed by atoms with Crippen LogP contribution in [-0.4, -0.2) is 39.1 Å². The molecule has 10 heteroatoms. The summed E-state index contributed by atoms with van der Waals surface area (Å²) in [7, 11) is 0. The van der Waals surface area contributed by atoms with Gasteiger partial charge in [-0.3, -0.25) is 0 Å². The van der Waals surface area contributed by atoms with Crippen LogP contribution >= 0.6 is 35.0 Å². The number of aromatic nitrogens is 3. The molecule has 2 aromatic heterocycles. The number of carboxylic acids is 1. The van der Waals surface area contributed by atoms with E-state index >= 15 is 0 Å². The fourth-order valence-corrected chi connectivity index (χ4v) is 6.86. The molecule has 1 saturated heterocycles. The summed E-state index contributed by atoms with van der Waals surface area (Å²) in [6, 6.07) is 13.8. The fourth-order valence-electron chi connectivity index (χ4n) is 5.57. The second-order valence-corrected chi connectivity index (χ2v) is 11.3. The lowest BCUT2D eigenvalue weighted by molar-refractivity contribution is 0.0699. The zero-order valence-electron chi connectivity index (χ0n) is 19.2. The van der Waals surface area contributed by atoms with Crippen molar-refractivity contribution in [2.24, 2.45) is 11.1 Å². The monoisotopic (exact) mass is 539 g/mol. The number of carboxylic acid groups (broad SMARTS) is 1. The highest BCUT2D eigenvalue weighted by atomic mass is 35.5. The largest absolute Gasteiger partial charge is 0.477 e. The summed E-state index contributed by atoms with van der Waals surface area (Å²) in [5.41, 5.74) is 10.2. The molecule has 7 nitrogen and oxygen atoms in total. The van der Waals surface area contributed by atoms with Gasteiger partial charge in [0, 0.05) is 24.0 Å². The number of piperidine rings is 1. The molecular formula is C26H23Cl2N5O2S. The van der Waals surface area contributed by atoms with Crippen LogP contribution < -0.4 is 10.6 Å². The number of rotatable bonds is 4. The van der Waals surface area contributed by atoms with Crippen LogP contribution in [0.5, 0.6) is 0 Å². The Morgan fingerprint density at radius 1 is 1.17 bits per heavy atom. The Balaban J connectivity index is 1.29.